The van der Waals surface area contributed by atoms with Crippen LogP contribution in [0, 0.1) is 6.92 Å². The summed E-state index contributed by atoms with van der Waals surface area (Å²) in [5, 5.41) is 5.43. The lowest BCUT2D eigenvalue weighted by atomic mass is 10.3. The van der Waals surface area contributed by atoms with E-state index in [2.05, 4.69) is 10.3 Å². The van der Waals surface area contributed by atoms with Crippen LogP contribution in [-0.4, -0.2) is 37.9 Å². The number of benzene rings is 1. The molecule has 9 heteroatoms. The van der Waals surface area contributed by atoms with Gasteiger partial charge in [-0.05, 0) is 37.3 Å². The van der Waals surface area contributed by atoms with E-state index in [0.717, 1.165) is 15.2 Å². The van der Waals surface area contributed by atoms with Crippen molar-refractivity contribution >= 4 is 39.0 Å². The number of rotatable bonds is 6. The fourth-order valence-electron chi connectivity index (χ4n) is 1.76. The van der Waals surface area contributed by atoms with Gasteiger partial charge in [-0.1, -0.05) is 4.47 Å². The SMILES string of the molecule is CON(C)S(=O)(=O)c1ccc(NC(=O)/C=C/c2csc(C)n2)cc1. The molecule has 0 fully saturated rings. The van der Waals surface area contributed by atoms with Crippen molar-refractivity contribution in [3.05, 3.63) is 46.4 Å². The van der Waals surface area contributed by atoms with Crippen LogP contribution >= 0.6 is 11.3 Å². The van der Waals surface area contributed by atoms with E-state index in [-0.39, 0.29) is 10.8 Å². The van der Waals surface area contributed by atoms with Crippen molar-refractivity contribution in [1.29, 1.82) is 0 Å². The van der Waals surface area contributed by atoms with E-state index in [1.807, 2.05) is 12.3 Å². The number of aryl methyl sites for hydroxylation is 1. The van der Waals surface area contributed by atoms with Crippen LogP contribution in [0.15, 0.2) is 40.6 Å². The highest BCUT2D eigenvalue weighted by Crippen LogP contribution is 2.17. The third-order valence-electron chi connectivity index (χ3n) is 3.06. The minimum Gasteiger partial charge on any atom is -0.323 e. The fourth-order valence-corrected chi connectivity index (χ4v) is 3.31. The maximum Gasteiger partial charge on any atom is 0.264 e. The Morgan fingerprint density at radius 1 is 1.33 bits per heavy atom. The summed E-state index contributed by atoms with van der Waals surface area (Å²) in [6, 6.07) is 5.81. The Kier molecular flexibility index (Phi) is 5.84. The van der Waals surface area contributed by atoms with Crippen molar-refractivity contribution in [2.75, 3.05) is 19.5 Å². The molecular formula is C15H17N3O4S2. The molecule has 0 aliphatic carbocycles. The molecule has 128 valence electrons. The smallest absolute Gasteiger partial charge is 0.264 e. The third-order valence-corrected chi connectivity index (χ3v) is 5.54. The van der Waals surface area contributed by atoms with Gasteiger partial charge in [0.1, 0.15) is 0 Å². The number of amides is 1. The van der Waals surface area contributed by atoms with Crippen LogP contribution in [0.25, 0.3) is 6.08 Å². The summed E-state index contributed by atoms with van der Waals surface area (Å²) in [7, 11) is -1.13. The van der Waals surface area contributed by atoms with Crippen LogP contribution in [-0.2, 0) is 19.7 Å². The molecule has 0 radical (unpaired) electrons. The lowest BCUT2D eigenvalue weighted by molar-refractivity contribution is -0.111. The zero-order chi connectivity index (χ0) is 17.7. The number of hydrogen-bond donors (Lipinski definition) is 1. The molecule has 1 aromatic carbocycles. The van der Waals surface area contributed by atoms with E-state index in [1.54, 1.807) is 6.08 Å². The maximum absolute atomic E-state index is 12.1. The molecule has 0 atom stereocenters. The van der Waals surface area contributed by atoms with Crippen molar-refractivity contribution in [2.45, 2.75) is 11.8 Å². The first-order valence-electron chi connectivity index (χ1n) is 6.87. The van der Waals surface area contributed by atoms with E-state index in [1.165, 1.54) is 55.8 Å². The molecule has 24 heavy (non-hydrogen) atoms. The highest BCUT2D eigenvalue weighted by atomic mass is 32.2. The van der Waals surface area contributed by atoms with Crippen molar-refractivity contribution in [3.8, 4) is 0 Å². The molecule has 0 unspecified atom stereocenters. The van der Waals surface area contributed by atoms with Gasteiger partial charge in [0, 0.05) is 24.2 Å². The summed E-state index contributed by atoms with van der Waals surface area (Å²) in [6.07, 6.45) is 2.99. The average molecular weight is 367 g/mol. The normalized spacial score (nSPS) is 12.0. The molecule has 0 saturated carbocycles. The van der Waals surface area contributed by atoms with E-state index in [4.69, 9.17) is 4.84 Å². The van der Waals surface area contributed by atoms with Crippen LogP contribution in [0.2, 0.25) is 0 Å². The Balaban J connectivity index is 2.03. The molecule has 2 aromatic rings. The number of aromatic nitrogens is 1. The number of carbonyl (C=O) groups excluding carboxylic acids is 1. The summed E-state index contributed by atoms with van der Waals surface area (Å²) < 4.78 is 24.9. The van der Waals surface area contributed by atoms with E-state index in [9.17, 15) is 13.2 Å². The molecule has 1 amide bonds. The van der Waals surface area contributed by atoms with Crippen LogP contribution in [0.4, 0.5) is 5.69 Å². The first-order valence-corrected chi connectivity index (χ1v) is 9.19. The predicted octanol–water partition coefficient (Wildman–Crippen LogP) is 2.29. The summed E-state index contributed by atoms with van der Waals surface area (Å²) in [4.78, 5) is 20.9. The molecule has 7 nitrogen and oxygen atoms in total. The van der Waals surface area contributed by atoms with Gasteiger partial charge < -0.3 is 5.32 Å². The minimum absolute atomic E-state index is 0.0679. The van der Waals surface area contributed by atoms with E-state index in [0.29, 0.717) is 5.69 Å². The Morgan fingerprint density at radius 2 is 2.00 bits per heavy atom. The summed E-state index contributed by atoms with van der Waals surface area (Å²) in [5.41, 5.74) is 1.20. The van der Waals surface area contributed by atoms with E-state index >= 15 is 0 Å². The number of hydrogen-bond acceptors (Lipinski definition) is 6. The number of anilines is 1. The van der Waals surface area contributed by atoms with E-state index < -0.39 is 10.0 Å². The molecule has 0 saturated heterocycles. The highest BCUT2D eigenvalue weighted by Gasteiger charge is 2.20. The third kappa shape index (κ3) is 4.48. The molecule has 1 aromatic heterocycles. The predicted molar refractivity (Wildman–Crippen MR) is 92.9 cm³/mol. The van der Waals surface area contributed by atoms with Crippen molar-refractivity contribution in [3.63, 3.8) is 0 Å². The Hall–Kier alpha value is -2.07. The van der Waals surface area contributed by atoms with Crippen molar-refractivity contribution in [2.24, 2.45) is 0 Å². The second-order valence-electron chi connectivity index (χ2n) is 4.74. The number of sulfonamides is 1. The summed E-state index contributed by atoms with van der Waals surface area (Å²) >= 11 is 1.50. The number of thiazole rings is 1. The van der Waals surface area contributed by atoms with Gasteiger partial charge in [-0.3, -0.25) is 9.63 Å². The van der Waals surface area contributed by atoms with Crippen LogP contribution in [0.1, 0.15) is 10.7 Å². The number of nitrogens with zero attached hydrogens (tertiary/aromatic N) is 2. The van der Waals surface area contributed by atoms with Gasteiger partial charge in [-0.25, -0.2) is 13.4 Å². The highest BCUT2D eigenvalue weighted by molar-refractivity contribution is 7.89. The summed E-state index contributed by atoms with van der Waals surface area (Å²) in [6.45, 7) is 1.89. The molecule has 1 heterocycles. The number of hydroxylamine groups is 1. The zero-order valence-corrected chi connectivity index (χ0v) is 15.0. The average Bonchev–Trinajstić information content (AvgIpc) is 2.98. The lowest BCUT2D eigenvalue weighted by Crippen LogP contribution is -2.25. The van der Waals surface area contributed by atoms with Crippen LogP contribution < -0.4 is 5.32 Å². The largest absolute Gasteiger partial charge is 0.323 e. The number of nitrogens with one attached hydrogen (secondary N) is 1. The van der Waals surface area contributed by atoms with Crippen molar-refractivity contribution in [1.82, 2.24) is 9.45 Å². The fraction of sp³-hybridized carbons (Fsp3) is 0.200. The molecule has 0 aliphatic heterocycles. The quantitative estimate of drug-likeness (QED) is 0.625. The maximum atomic E-state index is 12.1. The molecular weight excluding hydrogens is 350 g/mol. The van der Waals surface area contributed by atoms with Crippen molar-refractivity contribution < 1.29 is 18.0 Å². The van der Waals surface area contributed by atoms with Gasteiger partial charge >= 0.3 is 0 Å². The lowest BCUT2D eigenvalue weighted by Gasteiger charge is -2.14. The molecule has 0 aliphatic rings. The monoisotopic (exact) mass is 367 g/mol. The summed E-state index contributed by atoms with van der Waals surface area (Å²) in [5.74, 6) is -0.328. The first-order chi connectivity index (χ1) is 11.3. The standard InChI is InChI=1S/C15H17N3O4S2/c1-11-16-13(10-23-11)6-9-15(19)17-12-4-7-14(8-5-12)24(20,21)18(2)22-3/h4-10H,1-3H3,(H,17,19)/b9-6+. The second-order valence-corrected chi connectivity index (χ2v) is 7.73. The molecule has 0 spiro atoms. The minimum atomic E-state index is -3.70. The van der Waals surface area contributed by atoms with Gasteiger partial charge in [0.25, 0.3) is 10.0 Å². The first kappa shape index (κ1) is 18.3. The van der Waals surface area contributed by atoms with Gasteiger partial charge in [-0.2, -0.15) is 0 Å². The topological polar surface area (TPSA) is 88.6 Å². The van der Waals surface area contributed by atoms with Crippen LogP contribution in [0.3, 0.4) is 0 Å². The van der Waals surface area contributed by atoms with Gasteiger partial charge in [0.15, 0.2) is 0 Å². The van der Waals surface area contributed by atoms with Gasteiger partial charge in [-0.15, -0.1) is 11.3 Å². The molecule has 0 bridgehead atoms. The Bertz CT molecular complexity index is 842. The van der Waals surface area contributed by atoms with Gasteiger partial charge in [0.05, 0.1) is 22.7 Å². The van der Waals surface area contributed by atoms with Gasteiger partial charge in [0.2, 0.25) is 5.91 Å². The Labute approximate surface area is 144 Å². The second kappa shape index (κ2) is 7.67. The molecule has 2 rings (SSSR count). The molecule has 1 N–H and O–H groups in total. The van der Waals surface area contributed by atoms with Crippen LogP contribution in [0.5, 0.6) is 0 Å². The zero-order valence-electron chi connectivity index (χ0n) is 13.4. The number of carbonyl (C=O) groups is 1. The Morgan fingerprint density at radius 3 is 2.54 bits per heavy atom.